The van der Waals surface area contributed by atoms with E-state index in [-0.39, 0.29) is 10.6 Å². The van der Waals surface area contributed by atoms with Gasteiger partial charge in [0.05, 0.1) is 34.4 Å². The fourth-order valence-electron chi connectivity index (χ4n) is 4.09. The number of imide groups is 1. The second kappa shape index (κ2) is 10.9. The lowest BCUT2D eigenvalue weighted by molar-refractivity contribution is -0.384. The van der Waals surface area contributed by atoms with Gasteiger partial charge in [0.25, 0.3) is 16.8 Å². The molecule has 2 aromatic carbocycles. The van der Waals surface area contributed by atoms with Gasteiger partial charge in [-0.05, 0) is 48.2 Å². The summed E-state index contributed by atoms with van der Waals surface area (Å²) in [5.74, 6) is -0.311. The largest absolute Gasteiger partial charge is 0.457 e. The van der Waals surface area contributed by atoms with Crippen molar-refractivity contribution < 1.29 is 28.5 Å². The zero-order valence-corrected chi connectivity index (χ0v) is 20.8. The Balaban J connectivity index is 1.25. The predicted molar refractivity (Wildman–Crippen MR) is 142 cm³/mol. The van der Waals surface area contributed by atoms with E-state index in [1.54, 1.807) is 36.4 Å². The first kappa shape index (κ1) is 25.2. The lowest BCUT2D eigenvalue weighted by Crippen LogP contribution is -2.38. The molecule has 0 bridgehead atoms. The number of carbonyl (C=O) groups excluding carboxylic acids is 3. The Morgan fingerprint density at radius 2 is 1.79 bits per heavy atom. The van der Waals surface area contributed by atoms with Gasteiger partial charge in [0.2, 0.25) is 5.91 Å². The summed E-state index contributed by atoms with van der Waals surface area (Å²) in [6.07, 6.45) is 1.44. The molecule has 0 unspecified atom stereocenters. The maximum atomic E-state index is 12.9. The van der Waals surface area contributed by atoms with E-state index in [2.05, 4.69) is 10.2 Å². The fraction of sp³-hybridized carbons (Fsp3) is 0.192. The molecule has 2 fully saturated rings. The number of nitro benzene ring substituents is 1. The first-order chi connectivity index (χ1) is 18.4. The van der Waals surface area contributed by atoms with Crippen molar-refractivity contribution >= 4 is 52.0 Å². The molecule has 11 nitrogen and oxygen atoms in total. The zero-order valence-electron chi connectivity index (χ0n) is 20.0. The van der Waals surface area contributed by atoms with Crippen LogP contribution in [0.3, 0.4) is 0 Å². The van der Waals surface area contributed by atoms with Crippen molar-refractivity contribution in [2.24, 2.45) is 0 Å². The standard InChI is InChI=1S/C26H22N4O7S/c31-24(27-20-3-1-2-4-21(20)28-11-13-36-14-12-28)16-29-25(32)23(38-26(29)33)15-19-9-10-22(37-19)17-5-7-18(8-6-17)30(34)35/h1-10,15H,11-14,16H2,(H,27,31)/b23-15+. The van der Waals surface area contributed by atoms with Gasteiger partial charge in [-0.1, -0.05) is 12.1 Å². The first-order valence-corrected chi connectivity index (χ1v) is 12.5. The monoisotopic (exact) mass is 534 g/mol. The third-order valence-electron chi connectivity index (χ3n) is 5.97. The molecular weight excluding hydrogens is 512 g/mol. The molecule has 1 N–H and O–H groups in total. The normalized spacial score (nSPS) is 16.8. The van der Waals surface area contributed by atoms with Crippen LogP contribution in [0.5, 0.6) is 0 Å². The second-order valence-corrected chi connectivity index (χ2v) is 9.43. The number of nitrogens with one attached hydrogen (secondary N) is 1. The van der Waals surface area contributed by atoms with Crippen molar-refractivity contribution in [1.82, 2.24) is 4.90 Å². The van der Waals surface area contributed by atoms with Crippen LogP contribution in [-0.4, -0.2) is 59.7 Å². The van der Waals surface area contributed by atoms with Crippen LogP contribution in [-0.2, 0) is 14.3 Å². The first-order valence-electron chi connectivity index (χ1n) is 11.7. The van der Waals surface area contributed by atoms with Crippen molar-refractivity contribution in [1.29, 1.82) is 0 Å². The van der Waals surface area contributed by atoms with Crippen LogP contribution < -0.4 is 10.2 Å². The topological polar surface area (TPSA) is 135 Å². The van der Waals surface area contributed by atoms with Crippen LogP contribution in [0.15, 0.2) is 70.0 Å². The number of nitro groups is 1. The fourth-order valence-corrected chi connectivity index (χ4v) is 4.91. The smallest absolute Gasteiger partial charge is 0.294 e. The molecular formula is C26H22N4O7S. The van der Waals surface area contributed by atoms with Gasteiger partial charge in [0.1, 0.15) is 18.1 Å². The number of furan rings is 1. The Bertz CT molecular complexity index is 1430. The number of non-ortho nitro benzene ring substituents is 1. The van der Waals surface area contributed by atoms with E-state index in [1.165, 1.54) is 18.2 Å². The van der Waals surface area contributed by atoms with E-state index in [1.807, 2.05) is 12.1 Å². The average Bonchev–Trinajstić information content (AvgIpc) is 3.50. The van der Waals surface area contributed by atoms with E-state index < -0.39 is 28.5 Å². The lowest BCUT2D eigenvalue weighted by atomic mass is 10.1. The molecule has 3 aromatic rings. The summed E-state index contributed by atoms with van der Waals surface area (Å²) >= 11 is 0.722. The highest BCUT2D eigenvalue weighted by Gasteiger charge is 2.36. The zero-order chi connectivity index (χ0) is 26.6. The highest BCUT2D eigenvalue weighted by atomic mass is 32.2. The average molecular weight is 535 g/mol. The van der Waals surface area contributed by atoms with Crippen molar-refractivity contribution in [2.75, 3.05) is 43.1 Å². The van der Waals surface area contributed by atoms with Crippen LogP contribution >= 0.6 is 11.8 Å². The Kier molecular flexibility index (Phi) is 7.24. The molecule has 38 heavy (non-hydrogen) atoms. The number of rotatable bonds is 7. The molecule has 0 atom stereocenters. The number of hydrogen-bond donors (Lipinski definition) is 1. The number of nitrogens with zero attached hydrogens (tertiary/aromatic N) is 3. The van der Waals surface area contributed by atoms with Crippen molar-refractivity contribution in [3.63, 3.8) is 0 Å². The van der Waals surface area contributed by atoms with Crippen LogP contribution in [0.1, 0.15) is 5.76 Å². The summed E-state index contributed by atoms with van der Waals surface area (Å²) in [4.78, 5) is 51.7. The third-order valence-corrected chi connectivity index (χ3v) is 6.88. The minimum Gasteiger partial charge on any atom is -0.457 e. The third kappa shape index (κ3) is 5.45. The minimum atomic E-state index is -0.593. The van der Waals surface area contributed by atoms with Crippen molar-refractivity contribution in [2.45, 2.75) is 0 Å². The molecule has 12 heteroatoms. The molecule has 2 aliphatic heterocycles. The van der Waals surface area contributed by atoms with Gasteiger partial charge < -0.3 is 19.4 Å². The Labute approximate surface area is 221 Å². The Hall–Kier alpha value is -4.42. The van der Waals surface area contributed by atoms with Crippen LogP contribution in [0.25, 0.3) is 17.4 Å². The van der Waals surface area contributed by atoms with Crippen LogP contribution in [0, 0.1) is 10.1 Å². The summed E-state index contributed by atoms with van der Waals surface area (Å²) in [7, 11) is 0. The molecule has 194 valence electrons. The van der Waals surface area contributed by atoms with Gasteiger partial charge in [-0.3, -0.25) is 29.4 Å². The summed E-state index contributed by atoms with van der Waals surface area (Å²) in [6.45, 7) is 2.15. The number of benzene rings is 2. The van der Waals surface area contributed by atoms with E-state index in [0.29, 0.717) is 49.1 Å². The number of para-hydroxylation sites is 2. The summed E-state index contributed by atoms with van der Waals surface area (Å²) in [6, 6.07) is 16.5. The van der Waals surface area contributed by atoms with Gasteiger partial charge in [-0.2, -0.15) is 0 Å². The van der Waals surface area contributed by atoms with E-state index in [9.17, 15) is 24.5 Å². The number of amides is 3. The number of hydrogen-bond acceptors (Lipinski definition) is 9. The lowest BCUT2D eigenvalue weighted by Gasteiger charge is -2.30. The quantitative estimate of drug-likeness (QED) is 0.266. The predicted octanol–water partition coefficient (Wildman–Crippen LogP) is 4.37. The van der Waals surface area contributed by atoms with Crippen LogP contribution in [0.4, 0.5) is 21.9 Å². The minimum absolute atomic E-state index is 0.0391. The maximum absolute atomic E-state index is 12.9. The molecule has 3 amide bonds. The number of carbonyl (C=O) groups is 3. The number of anilines is 2. The Morgan fingerprint density at radius 3 is 2.53 bits per heavy atom. The Morgan fingerprint density at radius 1 is 1.05 bits per heavy atom. The molecule has 0 aliphatic carbocycles. The van der Waals surface area contributed by atoms with Gasteiger partial charge >= 0.3 is 0 Å². The van der Waals surface area contributed by atoms with Crippen molar-refractivity contribution in [3.05, 3.63) is 81.4 Å². The molecule has 1 aromatic heterocycles. The number of ether oxygens (including phenoxy) is 1. The number of morpholine rings is 1. The molecule has 5 rings (SSSR count). The summed E-state index contributed by atoms with van der Waals surface area (Å²) in [5.41, 5.74) is 2.02. The van der Waals surface area contributed by atoms with Gasteiger partial charge in [0.15, 0.2) is 0 Å². The highest BCUT2D eigenvalue weighted by Crippen LogP contribution is 2.34. The number of thioether (sulfide) groups is 1. The van der Waals surface area contributed by atoms with E-state index >= 15 is 0 Å². The van der Waals surface area contributed by atoms with Crippen molar-refractivity contribution in [3.8, 4) is 11.3 Å². The summed E-state index contributed by atoms with van der Waals surface area (Å²) < 4.78 is 11.1. The van der Waals surface area contributed by atoms with E-state index in [4.69, 9.17) is 9.15 Å². The highest BCUT2D eigenvalue weighted by molar-refractivity contribution is 8.18. The van der Waals surface area contributed by atoms with Gasteiger partial charge in [0, 0.05) is 36.9 Å². The molecule has 2 saturated heterocycles. The molecule has 3 heterocycles. The molecule has 0 spiro atoms. The SMILES string of the molecule is O=C(CN1C(=O)S/C(=C/c2ccc(-c3ccc([N+](=O)[O-])cc3)o2)C1=O)Nc1ccccc1N1CCOCC1. The van der Waals surface area contributed by atoms with Crippen LogP contribution in [0.2, 0.25) is 0 Å². The molecule has 2 aliphatic rings. The maximum Gasteiger partial charge on any atom is 0.294 e. The second-order valence-electron chi connectivity index (χ2n) is 8.44. The van der Waals surface area contributed by atoms with Gasteiger partial charge in [-0.15, -0.1) is 0 Å². The van der Waals surface area contributed by atoms with E-state index in [0.717, 1.165) is 22.3 Å². The molecule has 0 saturated carbocycles. The molecule has 0 radical (unpaired) electrons. The summed E-state index contributed by atoms with van der Waals surface area (Å²) in [5, 5.41) is 13.1. The van der Waals surface area contributed by atoms with Gasteiger partial charge in [-0.25, -0.2) is 0 Å².